The molecule has 1 aliphatic carbocycles. The van der Waals surface area contributed by atoms with E-state index in [0.29, 0.717) is 13.5 Å². The number of carbonyl (C=O) groups is 2. The molecule has 2 aliphatic rings. The number of aliphatic imine (C=N–C) groups is 1. The highest BCUT2D eigenvalue weighted by Gasteiger charge is 2.55. The maximum atomic E-state index is 14.0. The molecule has 37 heavy (non-hydrogen) atoms. The number of carbonyl (C=O) groups excluding carboxylic acids is 1. The van der Waals surface area contributed by atoms with E-state index in [2.05, 4.69) is 32.7 Å². The van der Waals surface area contributed by atoms with Crippen molar-refractivity contribution in [3.8, 4) is 0 Å². The summed E-state index contributed by atoms with van der Waals surface area (Å²) in [6.45, 7) is 2.22. The number of halogens is 2. The maximum Gasteiger partial charge on any atom is 0.326 e. The number of nitrogens with zero attached hydrogens (tertiary/aromatic N) is 2. The summed E-state index contributed by atoms with van der Waals surface area (Å²) >= 11 is 0. The molecule has 5 N–H and O–H groups in total. The largest absolute Gasteiger partial charge is 0.480 e. The number of hydrogen-bond acceptors (Lipinski definition) is 7. The van der Waals surface area contributed by atoms with Crippen molar-refractivity contribution in [3.63, 3.8) is 0 Å². The second kappa shape index (κ2) is 12.4. The Hall–Kier alpha value is -3.08. The van der Waals surface area contributed by atoms with Crippen molar-refractivity contribution in [2.24, 2.45) is 16.1 Å². The summed E-state index contributed by atoms with van der Waals surface area (Å²) < 4.78 is 33.6. The second-order valence-corrected chi connectivity index (χ2v) is 9.75. The molecule has 204 valence electrons. The molecule has 0 radical (unpaired) electrons. The number of rotatable bonds is 14. The maximum absolute atomic E-state index is 14.0. The van der Waals surface area contributed by atoms with Gasteiger partial charge in [-0.25, -0.2) is 18.6 Å². The minimum Gasteiger partial charge on any atom is -0.480 e. The highest BCUT2D eigenvalue weighted by Crippen LogP contribution is 2.52. The van der Waals surface area contributed by atoms with Crippen LogP contribution in [-0.2, 0) is 27.2 Å². The van der Waals surface area contributed by atoms with Gasteiger partial charge in [0.05, 0.1) is 11.0 Å². The van der Waals surface area contributed by atoms with Gasteiger partial charge in [0.1, 0.15) is 11.9 Å². The number of carboxylic acid groups (broad SMARTS) is 1. The van der Waals surface area contributed by atoms with E-state index in [0.717, 1.165) is 56.4 Å². The lowest BCUT2D eigenvalue weighted by atomic mass is 9.94. The van der Waals surface area contributed by atoms with Gasteiger partial charge in [-0.2, -0.15) is 0 Å². The van der Waals surface area contributed by atoms with Gasteiger partial charge < -0.3 is 26.2 Å². The number of alkyl halides is 2. The molecule has 0 aromatic carbocycles. The van der Waals surface area contributed by atoms with Crippen LogP contribution in [-0.4, -0.2) is 67.0 Å². The van der Waals surface area contributed by atoms with Crippen molar-refractivity contribution >= 4 is 23.9 Å². The van der Waals surface area contributed by atoms with Crippen LogP contribution in [0.1, 0.15) is 56.7 Å². The van der Waals surface area contributed by atoms with Crippen molar-refractivity contribution in [1.29, 1.82) is 0 Å². The van der Waals surface area contributed by atoms with Crippen molar-refractivity contribution in [2.45, 2.75) is 70.3 Å². The Morgan fingerprint density at radius 3 is 2.76 bits per heavy atom. The topological polar surface area (TPSA) is 139 Å². The minimum absolute atomic E-state index is 0.0477. The summed E-state index contributed by atoms with van der Waals surface area (Å²) in [7, 11) is 1.33. The molecule has 1 aliphatic heterocycles. The zero-order chi connectivity index (χ0) is 27.1. The predicted octanol–water partition coefficient (Wildman–Crippen LogP) is 3.09. The van der Waals surface area contributed by atoms with E-state index in [9.17, 15) is 23.5 Å². The fraction of sp³-hybridized carbons (Fsp3) is 0.615. The molecule has 0 saturated heterocycles. The lowest BCUT2D eigenvalue weighted by molar-refractivity contribution is -0.143. The van der Waals surface area contributed by atoms with E-state index < -0.39 is 34.8 Å². The van der Waals surface area contributed by atoms with Gasteiger partial charge in [-0.3, -0.25) is 9.79 Å². The Balaban J connectivity index is 1.43. The van der Waals surface area contributed by atoms with Crippen LogP contribution in [0, 0.1) is 5.41 Å². The van der Waals surface area contributed by atoms with Crippen LogP contribution < -0.4 is 16.4 Å². The van der Waals surface area contributed by atoms with Crippen LogP contribution in [0.3, 0.4) is 0 Å². The van der Waals surface area contributed by atoms with Gasteiger partial charge in [-0.05, 0) is 56.6 Å². The lowest BCUT2D eigenvalue weighted by Crippen LogP contribution is -2.46. The Labute approximate surface area is 216 Å². The molecule has 1 fully saturated rings. The first-order chi connectivity index (χ1) is 17.6. The third-order valence-corrected chi connectivity index (χ3v) is 6.80. The number of hydrogen-bond donors (Lipinski definition) is 4. The fourth-order valence-corrected chi connectivity index (χ4v) is 4.43. The summed E-state index contributed by atoms with van der Waals surface area (Å²) in [5, 5.41) is 15.3. The van der Waals surface area contributed by atoms with Crippen LogP contribution in [0.15, 0.2) is 28.4 Å². The van der Waals surface area contributed by atoms with Gasteiger partial charge in [0, 0.05) is 57.8 Å². The SMILES string of the molecule is CN=C/C(=C(\N)C1(C(=O)NC(CCOCCCCc2ccc3c(n2)NCCC3)C(=O)O)CC1)C(C)(F)F. The molecule has 0 bridgehead atoms. The molecule has 1 unspecified atom stereocenters. The number of anilines is 1. The Morgan fingerprint density at radius 1 is 1.35 bits per heavy atom. The predicted molar refractivity (Wildman–Crippen MR) is 137 cm³/mol. The average Bonchev–Trinajstić information content (AvgIpc) is 3.67. The molecular formula is C26H37F2N5O4. The highest BCUT2D eigenvalue weighted by molar-refractivity contribution is 5.94. The average molecular weight is 522 g/mol. The van der Waals surface area contributed by atoms with Crippen LogP contribution in [0.25, 0.3) is 0 Å². The summed E-state index contributed by atoms with van der Waals surface area (Å²) in [6.07, 6.45) is 6.19. The van der Waals surface area contributed by atoms with Crippen molar-refractivity contribution in [2.75, 3.05) is 32.1 Å². The van der Waals surface area contributed by atoms with Gasteiger partial charge in [0.25, 0.3) is 5.92 Å². The number of nitrogens with two attached hydrogens (primary N) is 1. The normalized spacial score (nSPS) is 17.9. The Bertz CT molecular complexity index is 1030. The van der Waals surface area contributed by atoms with Gasteiger partial charge in [-0.15, -0.1) is 0 Å². The van der Waals surface area contributed by atoms with Crippen molar-refractivity contribution in [3.05, 3.63) is 34.7 Å². The third-order valence-electron chi connectivity index (χ3n) is 6.80. The van der Waals surface area contributed by atoms with E-state index in [-0.39, 0.29) is 31.6 Å². The molecular weight excluding hydrogens is 484 g/mol. The number of aliphatic carboxylic acids is 1. The summed E-state index contributed by atoms with van der Waals surface area (Å²) in [4.78, 5) is 32.9. The van der Waals surface area contributed by atoms with E-state index in [1.54, 1.807) is 0 Å². The molecule has 0 spiro atoms. The first-order valence-electron chi connectivity index (χ1n) is 12.7. The standard InChI is InChI=1S/C26H37F2N5O4/c1-25(27,28)19(16-30-2)21(29)26(11-12-26)24(36)33-20(23(34)35)10-15-37-14-4-3-7-18-9-8-17-6-5-13-31-22(17)32-18/h8-9,16,20H,3-7,10-15,29H2,1-2H3,(H,31,32)(H,33,36)(H,34,35)/b21-19+,30-16?. The molecule has 1 aromatic rings. The third kappa shape index (κ3) is 7.47. The number of amides is 1. The number of carboxylic acids is 1. The van der Waals surface area contributed by atoms with Gasteiger partial charge in [0.2, 0.25) is 5.91 Å². The summed E-state index contributed by atoms with van der Waals surface area (Å²) in [5.41, 5.74) is 6.13. The zero-order valence-corrected chi connectivity index (χ0v) is 21.5. The van der Waals surface area contributed by atoms with Gasteiger partial charge in [-0.1, -0.05) is 6.07 Å². The number of aromatic nitrogens is 1. The smallest absolute Gasteiger partial charge is 0.326 e. The molecule has 1 saturated carbocycles. The molecule has 1 aromatic heterocycles. The van der Waals surface area contributed by atoms with Crippen LogP contribution in [0.5, 0.6) is 0 Å². The number of fused-ring (bicyclic) bond motifs is 1. The van der Waals surface area contributed by atoms with E-state index in [1.165, 1.54) is 12.6 Å². The molecule has 9 nitrogen and oxygen atoms in total. The first kappa shape index (κ1) is 28.5. The van der Waals surface area contributed by atoms with Gasteiger partial charge >= 0.3 is 5.97 Å². The van der Waals surface area contributed by atoms with E-state index in [4.69, 9.17) is 10.5 Å². The van der Waals surface area contributed by atoms with Crippen molar-refractivity contribution < 1.29 is 28.2 Å². The second-order valence-electron chi connectivity index (χ2n) is 9.75. The molecule has 11 heteroatoms. The van der Waals surface area contributed by atoms with Gasteiger partial charge in [0.15, 0.2) is 0 Å². The summed E-state index contributed by atoms with van der Waals surface area (Å²) in [5.74, 6) is -4.20. The Kier molecular flexibility index (Phi) is 9.58. The number of pyridine rings is 1. The number of ether oxygens (including phenoxy) is 1. The molecule has 1 amide bonds. The number of unbranched alkanes of at least 4 members (excludes halogenated alkanes) is 1. The van der Waals surface area contributed by atoms with E-state index in [1.807, 2.05) is 0 Å². The van der Waals surface area contributed by atoms with E-state index >= 15 is 0 Å². The van der Waals surface area contributed by atoms with Crippen molar-refractivity contribution in [1.82, 2.24) is 10.3 Å². The number of nitrogens with one attached hydrogen (secondary N) is 2. The van der Waals surface area contributed by atoms with Crippen LogP contribution in [0.4, 0.5) is 14.6 Å². The molecule has 1 atom stereocenters. The number of allylic oxidation sites excluding steroid dienone is 1. The number of aryl methyl sites for hydroxylation is 2. The summed E-state index contributed by atoms with van der Waals surface area (Å²) in [6, 6.07) is 2.97. The quantitative estimate of drug-likeness (QED) is 0.218. The minimum atomic E-state index is -3.29. The molecule has 2 heterocycles. The van der Waals surface area contributed by atoms with Crippen LogP contribution >= 0.6 is 0 Å². The fourth-order valence-electron chi connectivity index (χ4n) is 4.43. The first-order valence-corrected chi connectivity index (χ1v) is 12.7. The monoisotopic (exact) mass is 521 g/mol. The Morgan fingerprint density at radius 2 is 2.11 bits per heavy atom. The van der Waals surface area contributed by atoms with Crippen LogP contribution in [0.2, 0.25) is 0 Å². The highest BCUT2D eigenvalue weighted by atomic mass is 19.3. The zero-order valence-electron chi connectivity index (χ0n) is 21.5. The lowest BCUT2D eigenvalue weighted by Gasteiger charge is -2.23. The molecule has 3 rings (SSSR count).